The van der Waals surface area contributed by atoms with Gasteiger partial charge in [0.25, 0.3) is 0 Å². The summed E-state index contributed by atoms with van der Waals surface area (Å²) in [6.07, 6.45) is 1.78. The molecular weight excluding hydrogens is 248 g/mol. The maximum Gasteiger partial charge on any atom is 0.353 e. The highest BCUT2D eigenvalue weighted by Gasteiger charge is 2.14. The third-order valence-electron chi connectivity index (χ3n) is 2.85. The summed E-state index contributed by atoms with van der Waals surface area (Å²) in [5, 5.41) is 10.7. The van der Waals surface area contributed by atoms with Crippen LogP contribution in [0.25, 0.3) is 16.2 Å². The molecule has 90 valence electrons. The summed E-state index contributed by atoms with van der Waals surface area (Å²) < 4.78 is 1.62. The highest BCUT2D eigenvalue weighted by atomic mass is 32.1. The van der Waals surface area contributed by atoms with Crippen LogP contribution in [0.2, 0.25) is 0 Å². The molecule has 3 aromatic rings. The van der Waals surface area contributed by atoms with Crippen molar-refractivity contribution in [1.82, 2.24) is 9.38 Å². The molecule has 0 spiro atoms. The van der Waals surface area contributed by atoms with Crippen molar-refractivity contribution in [3.05, 3.63) is 47.1 Å². The minimum absolute atomic E-state index is 0.252. The first-order chi connectivity index (χ1) is 8.66. The van der Waals surface area contributed by atoms with Crippen molar-refractivity contribution in [3.8, 4) is 11.3 Å². The van der Waals surface area contributed by atoms with Crippen LogP contribution in [0.4, 0.5) is 0 Å². The fourth-order valence-corrected chi connectivity index (χ4v) is 2.77. The standard InChI is InChI=1S/C13H10N2O2S/c1-8-4-2-3-5-9(8)10-6-15-11(12(16)17)7-18-13(15)14-10/h2-7H,1H3,(H,16,17). The Balaban J connectivity index is 2.20. The van der Waals surface area contributed by atoms with E-state index in [1.165, 1.54) is 11.3 Å². The minimum Gasteiger partial charge on any atom is -0.477 e. The molecule has 2 aromatic heterocycles. The number of benzene rings is 1. The average Bonchev–Trinajstić information content (AvgIpc) is 2.88. The number of imidazole rings is 1. The van der Waals surface area contributed by atoms with E-state index in [1.54, 1.807) is 16.0 Å². The quantitative estimate of drug-likeness (QED) is 0.768. The van der Waals surface area contributed by atoms with Gasteiger partial charge in [-0.05, 0) is 12.5 Å². The maximum absolute atomic E-state index is 11.0. The zero-order valence-electron chi connectivity index (χ0n) is 9.62. The van der Waals surface area contributed by atoms with Gasteiger partial charge >= 0.3 is 5.97 Å². The molecule has 0 aliphatic carbocycles. The third-order valence-corrected chi connectivity index (χ3v) is 3.69. The van der Waals surface area contributed by atoms with Gasteiger partial charge in [-0.25, -0.2) is 9.78 Å². The number of rotatable bonds is 2. The molecular formula is C13H10N2O2S. The van der Waals surface area contributed by atoms with Gasteiger partial charge in [0.15, 0.2) is 4.96 Å². The summed E-state index contributed by atoms with van der Waals surface area (Å²) in [6, 6.07) is 7.93. The monoisotopic (exact) mass is 258 g/mol. The fourth-order valence-electron chi connectivity index (χ4n) is 1.93. The number of aromatic nitrogens is 2. The summed E-state index contributed by atoms with van der Waals surface area (Å²) >= 11 is 1.33. The molecule has 0 amide bonds. The van der Waals surface area contributed by atoms with E-state index in [4.69, 9.17) is 5.11 Å². The fraction of sp³-hybridized carbons (Fsp3) is 0.0769. The molecule has 0 fully saturated rings. The number of hydrogen-bond acceptors (Lipinski definition) is 3. The SMILES string of the molecule is Cc1ccccc1-c1cn2c(C(=O)O)csc2n1. The normalized spacial score (nSPS) is 10.9. The van der Waals surface area contributed by atoms with Crippen molar-refractivity contribution in [3.63, 3.8) is 0 Å². The van der Waals surface area contributed by atoms with Crippen LogP contribution in [0.1, 0.15) is 16.1 Å². The number of carbonyl (C=O) groups is 1. The molecule has 1 N–H and O–H groups in total. The molecule has 0 aliphatic rings. The molecule has 1 aromatic carbocycles. The predicted octanol–water partition coefficient (Wildman–Crippen LogP) is 3.07. The van der Waals surface area contributed by atoms with Gasteiger partial charge in [-0.3, -0.25) is 4.40 Å². The van der Waals surface area contributed by atoms with E-state index < -0.39 is 5.97 Å². The predicted molar refractivity (Wildman–Crippen MR) is 70.2 cm³/mol. The summed E-state index contributed by atoms with van der Waals surface area (Å²) in [5.74, 6) is -0.935. The van der Waals surface area contributed by atoms with Gasteiger partial charge in [0, 0.05) is 17.1 Å². The van der Waals surface area contributed by atoms with Gasteiger partial charge in [-0.2, -0.15) is 0 Å². The molecule has 4 nitrogen and oxygen atoms in total. The summed E-state index contributed by atoms with van der Waals surface area (Å²) in [4.78, 5) is 16.2. The molecule has 0 atom stereocenters. The lowest BCUT2D eigenvalue weighted by Crippen LogP contribution is -1.99. The molecule has 3 rings (SSSR count). The average molecular weight is 258 g/mol. The lowest BCUT2D eigenvalue weighted by molar-refractivity contribution is 0.0689. The zero-order chi connectivity index (χ0) is 12.7. The van der Waals surface area contributed by atoms with Crippen molar-refractivity contribution >= 4 is 22.3 Å². The van der Waals surface area contributed by atoms with Crippen LogP contribution >= 0.6 is 11.3 Å². The van der Waals surface area contributed by atoms with E-state index in [0.29, 0.717) is 4.96 Å². The topological polar surface area (TPSA) is 54.6 Å². The second-order valence-corrected chi connectivity index (χ2v) is 4.86. The Morgan fingerprint density at radius 1 is 1.39 bits per heavy atom. The molecule has 0 saturated carbocycles. The van der Waals surface area contributed by atoms with Crippen LogP contribution in [0.3, 0.4) is 0 Å². The summed E-state index contributed by atoms with van der Waals surface area (Å²) in [6.45, 7) is 2.01. The van der Waals surface area contributed by atoms with Crippen molar-refractivity contribution < 1.29 is 9.90 Å². The number of thiazole rings is 1. The van der Waals surface area contributed by atoms with E-state index in [9.17, 15) is 4.79 Å². The van der Waals surface area contributed by atoms with Crippen molar-refractivity contribution in [2.24, 2.45) is 0 Å². The smallest absolute Gasteiger partial charge is 0.353 e. The van der Waals surface area contributed by atoms with E-state index in [1.807, 2.05) is 31.2 Å². The number of nitrogens with zero attached hydrogens (tertiary/aromatic N) is 2. The Kier molecular flexibility index (Phi) is 2.41. The number of hydrogen-bond donors (Lipinski definition) is 1. The maximum atomic E-state index is 11.0. The minimum atomic E-state index is -0.935. The first-order valence-corrected chi connectivity index (χ1v) is 6.30. The van der Waals surface area contributed by atoms with Crippen molar-refractivity contribution in [1.29, 1.82) is 0 Å². The van der Waals surface area contributed by atoms with Gasteiger partial charge in [-0.1, -0.05) is 24.3 Å². The van der Waals surface area contributed by atoms with E-state index in [-0.39, 0.29) is 5.69 Å². The number of carboxylic acid groups (broad SMARTS) is 1. The molecule has 2 heterocycles. The molecule has 0 bridgehead atoms. The van der Waals surface area contributed by atoms with Crippen LogP contribution in [-0.4, -0.2) is 20.5 Å². The summed E-state index contributed by atoms with van der Waals surface area (Å²) in [5.41, 5.74) is 3.22. The van der Waals surface area contributed by atoms with Crippen LogP contribution in [0, 0.1) is 6.92 Å². The first kappa shape index (κ1) is 11.0. The lowest BCUT2D eigenvalue weighted by atomic mass is 10.1. The van der Waals surface area contributed by atoms with Gasteiger partial charge in [0.1, 0.15) is 5.69 Å². The van der Waals surface area contributed by atoms with E-state index in [0.717, 1.165) is 16.8 Å². The van der Waals surface area contributed by atoms with Crippen molar-refractivity contribution in [2.45, 2.75) is 6.92 Å². The second-order valence-electron chi connectivity index (χ2n) is 4.02. The van der Waals surface area contributed by atoms with E-state index in [2.05, 4.69) is 4.98 Å². The second kappa shape index (κ2) is 3.96. The lowest BCUT2D eigenvalue weighted by Gasteiger charge is -2.00. The van der Waals surface area contributed by atoms with Gasteiger partial charge in [-0.15, -0.1) is 11.3 Å². The van der Waals surface area contributed by atoms with Gasteiger partial charge < -0.3 is 5.11 Å². The largest absolute Gasteiger partial charge is 0.477 e. The van der Waals surface area contributed by atoms with Crippen molar-refractivity contribution in [2.75, 3.05) is 0 Å². The van der Waals surface area contributed by atoms with Crippen LogP contribution < -0.4 is 0 Å². The van der Waals surface area contributed by atoms with Gasteiger partial charge in [0.2, 0.25) is 0 Å². The number of aryl methyl sites for hydroxylation is 1. The first-order valence-electron chi connectivity index (χ1n) is 5.42. The highest BCUT2D eigenvalue weighted by molar-refractivity contribution is 7.15. The van der Waals surface area contributed by atoms with Gasteiger partial charge in [0.05, 0.1) is 5.69 Å². The Labute approximate surface area is 107 Å². The number of carboxylic acids is 1. The number of fused-ring (bicyclic) bond motifs is 1. The Morgan fingerprint density at radius 2 is 2.17 bits per heavy atom. The Bertz CT molecular complexity index is 742. The zero-order valence-corrected chi connectivity index (χ0v) is 10.4. The molecule has 0 unspecified atom stereocenters. The van der Waals surface area contributed by atoms with Crippen LogP contribution in [0.5, 0.6) is 0 Å². The third kappa shape index (κ3) is 1.60. The molecule has 0 aliphatic heterocycles. The molecule has 0 radical (unpaired) electrons. The molecule has 5 heteroatoms. The molecule has 0 saturated heterocycles. The molecule has 18 heavy (non-hydrogen) atoms. The summed E-state index contributed by atoms with van der Waals surface area (Å²) in [7, 11) is 0. The number of aromatic carboxylic acids is 1. The Hall–Kier alpha value is -2.14. The highest BCUT2D eigenvalue weighted by Crippen LogP contribution is 2.25. The van der Waals surface area contributed by atoms with Crippen LogP contribution in [0.15, 0.2) is 35.8 Å². The van der Waals surface area contributed by atoms with E-state index >= 15 is 0 Å². The Morgan fingerprint density at radius 3 is 2.89 bits per heavy atom. The van der Waals surface area contributed by atoms with Crippen LogP contribution in [-0.2, 0) is 0 Å².